The molecule has 0 unspecified atom stereocenters. The van der Waals surface area contributed by atoms with Crippen molar-refractivity contribution in [2.45, 2.75) is 32.1 Å². The maximum absolute atomic E-state index is 3.73. The number of hydrogen-bond acceptors (Lipinski definition) is 0. The molecular formula is C9H16Y3-4. The van der Waals surface area contributed by atoms with Gasteiger partial charge in [0.1, 0.15) is 0 Å². The van der Waals surface area contributed by atoms with Crippen molar-refractivity contribution in [3.63, 3.8) is 0 Å². The van der Waals surface area contributed by atoms with Crippen LogP contribution in [0.15, 0.2) is 0 Å². The molecule has 12 heavy (non-hydrogen) atoms. The van der Waals surface area contributed by atoms with E-state index in [1.807, 2.05) is 0 Å². The molecule has 0 aromatic carbocycles. The van der Waals surface area contributed by atoms with Crippen LogP contribution in [0.2, 0.25) is 0 Å². The molecule has 0 aromatic rings. The van der Waals surface area contributed by atoms with E-state index in [9.17, 15) is 0 Å². The van der Waals surface area contributed by atoms with Crippen molar-refractivity contribution in [1.82, 2.24) is 0 Å². The van der Waals surface area contributed by atoms with Crippen LogP contribution in [0.5, 0.6) is 0 Å². The molecule has 0 aromatic heterocycles. The van der Waals surface area contributed by atoms with Crippen molar-refractivity contribution in [3.05, 3.63) is 26.7 Å². The first-order chi connectivity index (χ1) is 4.41. The van der Waals surface area contributed by atoms with Crippen LogP contribution >= 0.6 is 0 Å². The van der Waals surface area contributed by atoms with Gasteiger partial charge in [-0.1, -0.05) is 0 Å². The van der Waals surface area contributed by atoms with Gasteiger partial charge in [-0.2, -0.15) is 12.8 Å². The molecule has 0 saturated carbocycles. The summed E-state index contributed by atoms with van der Waals surface area (Å²) in [6.45, 7) is 7.45. The van der Waals surface area contributed by atoms with Crippen molar-refractivity contribution < 1.29 is 98.1 Å². The molecule has 0 atom stereocenters. The molecule has 0 N–H and O–H groups in total. The van der Waals surface area contributed by atoms with E-state index in [2.05, 4.69) is 26.7 Å². The van der Waals surface area contributed by atoms with E-state index < -0.39 is 0 Å². The Bertz CT molecular complexity index is 43.0. The van der Waals surface area contributed by atoms with Gasteiger partial charge in [-0.25, -0.2) is 0 Å². The zero-order valence-corrected chi connectivity index (χ0v) is 16.4. The summed E-state index contributed by atoms with van der Waals surface area (Å²) in [6, 6.07) is 0. The molecule has 65 valence electrons. The normalized spacial score (nSPS) is 7.50. The van der Waals surface area contributed by atoms with Crippen LogP contribution in [-0.4, -0.2) is 0 Å². The first kappa shape index (κ1) is 24.5. The molecule has 0 nitrogen and oxygen atoms in total. The second-order valence-corrected chi connectivity index (χ2v) is 2.09. The maximum atomic E-state index is 3.73. The molecule has 0 aliphatic rings. The Morgan fingerprint density at radius 2 is 1.08 bits per heavy atom. The van der Waals surface area contributed by atoms with Gasteiger partial charge in [-0.15, -0.1) is 6.42 Å². The Hall–Kier alpha value is 3.31. The number of unbranched alkanes of at least 4 members (excludes halogenated alkanes) is 6. The molecule has 0 heterocycles. The van der Waals surface area contributed by atoms with Crippen LogP contribution in [0.4, 0.5) is 0 Å². The zero-order valence-electron chi connectivity index (χ0n) is 7.84. The molecule has 0 spiro atoms. The number of rotatable bonds is 6. The van der Waals surface area contributed by atoms with E-state index in [1.54, 1.807) is 0 Å². The first-order valence-corrected chi connectivity index (χ1v) is 3.63. The topological polar surface area (TPSA) is 0 Å². The fourth-order valence-electron chi connectivity index (χ4n) is 0.695. The zero-order chi connectivity index (χ0) is 6.95. The Morgan fingerprint density at radius 3 is 1.33 bits per heavy atom. The molecule has 0 aliphatic heterocycles. The van der Waals surface area contributed by atoms with E-state index in [-0.39, 0.29) is 98.1 Å². The van der Waals surface area contributed by atoms with Crippen molar-refractivity contribution in [1.29, 1.82) is 0 Å². The Balaban J connectivity index is -0.000000107. The molecule has 0 fully saturated rings. The Kier molecular flexibility index (Phi) is 48.7. The Morgan fingerprint density at radius 1 is 0.750 bits per heavy atom. The molecule has 3 heteroatoms. The number of hydrogen-bond donors (Lipinski definition) is 0. The maximum Gasteiger partial charge on any atom is 0 e. The van der Waals surface area contributed by atoms with Gasteiger partial charge in [0.05, 0.1) is 0 Å². The molecule has 0 aliphatic carbocycles. The summed E-state index contributed by atoms with van der Waals surface area (Å²) >= 11 is 0. The van der Waals surface area contributed by atoms with Gasteiger partial charge in [0.25, 0.3) is 0 Å². The van der Waals surface area contributed by atoms with Gasteiger partial charge >= 0.3 is 0 Å². The van der Waals surface area contributed by atoms with E-state index >= 15 is 0 Å². The molecular weight excluding hydrogens is 375 g/mol. The van der Waals surface area contributed by atoms with E-state index in [1.165, 1.54) is 19.3 Å². The summed E-state index contributed by atoms with van der Waals surface area (Å²) in [4.78, 5) is 0. The molecule has 0 amide bonds. The monoisotopic (exact) mass is 391 g/mol. The quantitative estimate of drug-likeness (QED) is 0.483. The summed E-state index contributed by atoms with van der Waals surface area (Å²) in [7, 11) is 0. The van der Waals surface area contributed by atoms with Crippen LogP contribution in [-0.2, 0) is 98.1 Å². The predicted molar refractivity (Wildman–Crippen MR) is 42.4 cm³/mol. The van der Waals surface area contributed by atoms with Gasteiger partial charge in [-0.3, -0.25) is 0 Å². The smallest absolute Gasteiger partial charge is 0 e. The van der Waals surface area contributed by atoms with Crippen LogP contribution in [0.25, 0.3) is 0 Å². The minimum atomic E-state index is 0. The average molecular weight is 391 g/mol. The second-order valence-electron chi connectivity index (χ2n) is 2.09. The largest absolute Gasteiger partial charge is 0.372 e. The summed E-state index contributed by atoms with van der Waals surface area (Å²) in [6.07, 6.45) is 10.0. The fourth-order valence-corrected chi connectivity index (χ4v) is 0.695. The first-order valence-electron chi connectivity index (χ1n) is 3.63. The van der Waals surface area contributed by atoms with Crippen molar-refractivity contribution in [2.75, 3.05) is 0 Å². The van der Waals surface area contributed by atoms with Gasteiger partial charge in [-0.05, 0) is 0 Å². The van der Waals surface area contributed by atoms with Crippen LogP contribution < -0.4 is 0 Å². The third kappa shape index (κ3) is 23.3. The summed E-state index contributed by atoms with van der Waals surface area (Å²) in [5.74, 6) is 0. The minimum Gasteiger partial charge on any atom is -0.372 e. The fraction of sp³-hybridized carbons (Fsp3) is 0.556. The third-order valence-corrected chi connectivity index (χ3v) is 1.22. The SMILES string of the molecule is [CH2-]C[CH-]CCC[CH-]C[CH2-].[Y].[Y].[Y]. The summed E-state index contributed by atoms with van der Waals surface area (Å²) in [5, 5.41) is 0. The minimum absolute atomic E-state index is 0. The van der Waals surface area contributed by atoms with Crippen LogP contribution in [0.3, 0.4) is 0 Å². The Labute approximate surface area is 154 Å². The van der Waals surface area contributed by atoms with Gasteiger partial charge < -0.3 is 39.5 Å². The molecule has 0 rings (SSSR count). The van der Waals surface area contributed by atoms with E-state index in [0.29, 0.717) is 0 Å². The van der Waals surface area contributed by atoms with Gasteiger partial charge in [0.2, 0.25) is 0 Å². The molecule has 0 saturated heterocycles. The second kappa shape index (κ2) is 23.9. The molecule has 3 radical (unpaired) electrons. The predicted octanol–water partition coefficient (Wildman–Crippen LogP) is 3.01. The van der Waals surface area contributed by atoms with Crippen molar-refractivity contribution in [3.8, 4) is 0 Å². The standard InChI is InChI=1S/C9H16.3Y/c1-3-5-7-9-8-6-4-2;;;/h5-6H,1-4,7-9H2;;;/q-4;;;. The summed E-state index contributed by atoms with van der Waals surface area (Å²) in [5.41, 5.74) is 0. The van der Waals surface area contributed by atoms with Crippen molar-refractivity contribution >= 4 is 0 Å². The molecule has 0 bridgehead atoms. The third-order valence-electron chi connectivity index (χ3n) is 1.22. The van der Waals surface area contributed by atoms with E-state index in [0.717, 1.165) is 12.8 Å². The van der Waals surface area contributed by atoms with Crippen LogP contribution in [0, 0.1) is 26.7 Å². The average Bonchev–Trinajstić information content (AvgIpc) is 1.89. The van der Waals surface area contributed by atoms with Gasteiger partial charge in [0, 0.05) is 98.1 Å². The van der Waals surface area contributed by atoms with E-state index in [4.69, 9.17) is 0 Å². The summed E-state index contributed by atoms with van der Waals surface area (Å²) < 4.78 is 0. The van der Waals surface area contributed by atoms with Crippen LogP contribution in [0.1, 0.15) is 32.1 Å². The van der Waals surface area contributed by atoms with Crippen molar-refractivity contribution in [2.24, 2.45) is 0 Å². The van der Waals surface area contributed by atoms with Gasteiger partial charge in [0.15, 0.2) is 0 Å².